The van der Waals surface area contributed by atoms with Crippen molar-refractivity contribution in [3.8, 4) is 17.2 Å². The second kappa shape index (κ2) is 13.1. The number of aliphatic hydroxyl groups excluding tert-OH is 1. The molecular weight excluding hydrogens is 585 g/mol. The van der Waals surface area contributed by atoms with E-state index < -0.39 is 18.0 Å². The predicted octanol–water partition coefficient (Wildman–Crippen LogP) is 3.22. The van der Waals surface area contributed by atoms with Gasteiger partial charge in [0.15, 0.2) is 23.4 Å². The highest BCUT2D eigenvalue weighted by Gasteiger charge is 2.37. The maximum absolute atomic E-state index is 13.9. The van der Waals surface area contributed by atoms with Gasteiger partial charge in [0.2, 0.25) is 11.9 Å². The number of nitrogens with one attached hydrogen (secondary N) is 2. The molecule has 1 amide bonds. The SMILES string of the molecule is COc1c(Oc2ccnc(NC(C)=O)c2)cnc2nc(NC3=CC(C(F)(F)F)=CN(CCCN4CCOCC4)C3O)n(C)c12. The van der Waals surface area contributed by atoms with Crippen molar-refractivity contribution in [1.29, 1.82) is 0 Å². The fourth-order valence-corrected chi connectivity index (χ4v) is 4.94. The van der Waals surface area contributed by atoms with Crippen LogP contribution in [0.5, 0.6) is 17.2 Å². The first-order valence-corrected chi connectivity index (χ1v) is 13.9. The summed E-state index contributed by atoms with van der Waals surface area (Å²) < 4.78 is 60.1. The quantitative estimate of drug-likeness (QED) is 0.309. The fourth-order valence-electron chi connectivity index (χ4n) is 4.94. The van der Waals surface area contributed by atoms with E-state index in [4.69, 9.17) is 14.2 Å². The summed E-state index contributed by atoms with van der Waals surface area (Å²) in [6.45, 7) is 4.99. The topological polar surface area (TPSA) is 139 Å². The third-order valence-electron chi connectivity index (χ3n) is 7.07. The highest BCUT2D eigenvalue weighted by molar-refractivity contribution is 5.88. The van der Waals surface area contributed by atoms with Gasteiger partial charge in [-0.25, -0.2) is 9.97 Å². The normalized spacial score (nSPS) is 17.7. The lowest BCUT2D eigenvalue weighted by Crippen LogP contribution is -2.41. The summed E-state index contributed by atoms with van der Waals surface area (Å²) in [6.07, 6.45) is -0.788. The minimum absolute atomic E-state index is 0.0951. The summed E-state index contributed by atoms with van der Waals surface area (Å²) in [4.78, 5) is 27.7. The summed E-state index contributed by atoms with van der Waals surface area (Å²) >= 11 is 0. The van der Waals surface area contributed by atoms with Gasteiger partial charge in [-0.1, -0.05) is 0 Å². The molecule has 1 unspecified atom stereocenters. The van der Waals surface area contributed by atoms with Gasteiger partial charge in [0.05, 0.1) is 37.8 Å². The molecule has 16 heteroatoms. The largest absolute Gasteiger partial charge is 0.491 e. The van der Waals surface area contributed by atoms with Crippen LogP contribution >= 0.6 is 0 Å². The van der Waals surface area contributed by atoms with Crippen LogP contribution < -0.4 is 20.1 Å². The lowest BCUT2D eigenvalue weighted by atomic mass is 10.1. The lowest BCUT2D eigenvalue weighted by molar-refractivity contribution is -0.114. The zero-order valence-corrected chi connectivity index (χ0v) is 24.4. The fraction of sp³-hybridized carbons (Fsp3) is 0.429. The molecule has 13 nitrogen and oxygen atoms in total. The number of carbonyl (C=O) groups is 1. The summed E-state index contributed by atoms with van der Waals surface area (Å²) in [5.74, 6) is 0.949. The van der Waals surface area contributed by atoms with Crippen molar-refractivity contribution in [3.05, 3.63) is 48.1 Å². The maximum Gasteiger partial charge on any atom is 0.417 e. The van der Waals surface area contributed by atoms with Crippen molar-refractivity contribution in [2.45, 2.75) is 25.7 Å². The van der Waals surface area contributed by atoms with Gasteiger partial charge in [-0.2, -0.15) is 18.2 Å². The third-order valence-corrected chi connectivity index (χ3v) is 7.07. The number of morpholine rings is 1. The van der Waals surface area contributed by atoms with Crippen LogP contribution in [0.15, 0.2) is 48.1 Å². The minimum Gasteiger partial charge on any atom is -0.491 e. The molecule has 0 aromatic carbocycles. The number of allylic oxidation sites excluding steroid dienone is 2. The Balaban J connectivity index is 1.38. The van der Waals surface area contributed by atoms with Gasteiger partial charge < -0.3 is 39.4 Å². The number of rotatable bonds is 10. The number of ether oxygens (including phenoxy) is 3. The van der Waals surface area contributed by atoms with E-state index >= 15 is 0 Å². The summed E-state index contributed by atoms with van der Waals surface area (Å²) in [6, 6.07) is 3.11. The number of aromatic nitrogens is 4. The Kier molecular flexibility index (Phi) is 9.22. The molecule has 3 N–H and O–H groups in total. The van der Waals surface area contributed by atoms with Crippen LogP contribution in [0, 0.1) is 0 Å². The van der Waals surface area contributed by atoms with E-state index in [9.17, 15) is 23.1 Å². The van der Waals surface area contributed by atoms with Crippen LogP contribution in [0.1, 0.15) is 13.3 Å². The number of nitrogens with zero attached hydrogens (tertiary/aromatic N) is 6. The van der Waals surface area contributed by atoms with E-state index in [0.29, 0.717) is 37.4 Å². The number of alkyl halides is 3. The van der Waals surface area contributed by atoms with Gasteiger partial charge in [-0.15, -0.1) is 0 Å². The molecule has 236 valence electrons. The molecule has 2 aliphatic rings. The number of aliphatic hydroxyl groups is 1. The highest BCUT2D eigenvalue weighted by atomic mass is 19.4. The Morgan fingerprint density at radius 1 is 1.23 bits per heavy atom. The Morgan fingerprint density at radius 2 is 2.00 bits per heavy atom. The number of amides is 1. The number of pyridine rings is 2. The van der Waals surface area contributed by atoms with Gasteiger partial charge >= 0.3 is 6.18 Å². The van der Waals surface area contributed by atoms with E-state index in [1.54, 1.807) is 17.7 Å². The van der Waals surface area contributed by atoms with Gasteiger partial charge in [-0.05, 0) is 18.6 Å². The van der Waals surface area contributed by atoms with Crippen LogP contribution in [-0.4, -0.2) is 99.2 Å². The van der Waals surface area contributed by atoms with Crippen molar-refractivity contribution >= 4 is 28.8 Å². The van der Waals surface area contributed by atoms with Crippen molar-refractivity contribution in [3.63, 3.8) is 0 Å². The molecule has 0 saturated carbocycles. The molecule has 2 aliphatic heterocycles. The van der Waals surface area contributed by atoms with Crippen LogP contribution in [0.2, 0.25) is 0 Å². The molecule has 5 heterocycles. The predicted molar refractivity (Wildman–Crippen MR) is 154 cm³/mol. The number of anilines is 2. The number of imidazole rings is 1. The first-order chi connectivity index (χ1) is 21.0. The van der Waals surface area contributed by atoms with E-state index in [0.717, 1.165) is 25.4 Å². The molecule has 3 aromatic rings. The van der Waals surface area contributed by atoms with E-state index in [1.807, 2.05) is 0 Å². The van der Waals surface area contributed by atoms with Crippen LogP contribution in [-0.2, 0) is 16.6 Å². The van der Waals surface area contributed by atoms with Crippen molar-refractivity contribution in [2.24, 2.45) is 7.05 Å². The van der Waals surface area contributed by atoms with Gasteiger partial charge in [-0.3, -0.25) is 9.69 Å². The standard InChI is InChI=1S/C28H33F3N8O5/c1-17(40)34-22-14-19(5-6-32-22)44-21-15-33-25-23(24(21)42-3)37(2)27(36-25)35-20-13-18(28(29,30)31)16-39(26(20)41)8-4-7-38-9-11-43-12-10-38/h5-6,13-16,26,41H,4,7-12H2,1-3H3,(H,32,34,40)(H,33,35,36). The molecule has 0 bridgehead atoms. The van der Waals surface area contributed by atoms with Crippen LogP contribution in [0.25, 0.3) is 11.2 Å². The number of aryl methyl sites for hydroxylation is 1. The van der Waals surface area contributed by atoms with Crippen LogP contribution in [0.3, 0.4) is 0 Å². The third kappa shape index (κ3) is 7.03. The zero-order valence-electron chi connectivity index (χ0n) is 24.4. The van der Waals surface area contributed by atoms with Gasteiger partial charge in [0.25, 0.3) is 0 Å². The molecule has 1 fully saturated rings. The molecule has 0 spiro atoms. The highest BCUT2D eigenvalue weighted by Crippen LogP contribution is 2.39. The van der Waals surface area contributed by atoms with E-state index in [-0.39, 0.29) is 47.1 Å². The molecule has 3 aromatic heterocycles. The number of carbonyl (C=O) groups excluding carboxylic acids is 1. The molecule has 0 radical (unpaired) electrons. The number of hydrogen-bond acceptors (Lipinski definition) is 11. The molecule has 1 saturated heterocycles. The second-order valence-corrected chi connectivity index (χ2v) is 10.2. The first-order valence-electron chi connectivity index (χ1n) is 13.9. The van der Waals surface area contributed by atoms with E-state index in [1.165, 1.54) is 37.4 Å². The zero-order chi connectivity index (χ0) is 31.4. The van der Waals surface area contributed by atoms with E-state index in [2.05, 4.69) is 30.5 Å². The molecule has 1 atom stereocenters. The molecule has 5 rings (SSSR count). The Labute approximate surface area is 250 Å². The average Bonchev–Trinajstić information content (AvgIpc) is 3.29. The Morgan fingerprint density at radius 3 is 2.70 bits per heavy atom. The number of hydrogen-bond donors (Lipinski definition) is 3. The van der Waals surface area contributed by atoms with Crippen molar-refractivity contribution in [2.75, 3.05) is 57.1 Å². The average molecular weight is 619 g/mol. The van der Waals surface area contributed by atoms with Crippen molar-refractivity contribution in [1.82, 2.24) is 29.3 Å². The Bertz CT molecular complexity index is 1570. The monoisotopic (exact) mass is 618 g/mol. The first kappa shape index (κ1) is 31.0. The molecule has 44 heavy (non-hydrogen) atoms. The summed E-state index contributed by atoms with van der Waals surface area (Å²) in [5.41, 5.74) is -0.378. The number of methoxy groups -OCH3 is 1. The lowest BCUT2D eigenvalue weighted by Gasteiger charge is -2.34. The smallest absolute Gasteiger partial charge is 0.417 e. The summed E-state index contributed by atoms with van der Waals surface area (Å²) in [7, 11) is 3.06. The number of fused-ring (bicyclic) bond motifs is 1. The Hall–Kier alpha value is -4.41. The second-order valence-electron chi connectivity index (χ2n) is 10.2. The van der Waals surface area contributed by atoms with Gasteiger partial charge in [0, 0.05) is 58.6 Å². The van der Waals surface area contributed by atoms with Gasteiger partial charge in [0.1, 0.15) is 17.1 Å². The van der Waals surface area contributed by atoms with Crippen LogP contribution in [0.4, 0.5) is 24.9 Å². The molecular formula is C28H33F3N8O5. The maximum atomic E-state index is 13.9. The summed E-state index contributed by atoms with van der Waals surface area (Å²) in [5, 5.41) is 16.5. The molecule has 0 aliphatic carbocycles. The van der Waals surface area contributed by atoms with Crippen molar-refractivity contribution < 1.29 is 37.3 Å². The minimum atomic E-state index is -4.63. The number of halogens is 3.